The Hall–Kier alpha value is -3.21. The number of ether oxygens (including phenoxy) is 1. The molecule has 0 unspecified atom stereocenters. The van der Waals surface area contributed by atoms with E-state index in [9.17, 15) is 14.9 Å². The van der Waals surface area contributed by atoms with Crippen molar-refractivity contribution in [1.82, 2.24) is 5.32 Å². The lowest BCUT2D eigenvalue weighted by molar-refractivity contribution is -0.138. The summed E-state index contributed by atoms with van der Waals surface area (Å²) >= 11 is 7.76. The molecule has 35 heavy (non-hydrogen) atoms. The highest BCUT2D eigenvalue weighted by Crippen LogP contribution is 2.44. The fraction of sp³-hybridized carbons (Fsp3) is 0.296. The second-order valence-corrected chi connectivity index (χ2v) is 9.34. The standard InChI is InChI=1S/C27H28ClN3O3S/c1-4-10-22-25(27(33)34-5-2)24(18-12-7-8-13-20(18)28)19(15-29)26(31-22)35-16-23(32)30-21-14-9-6-11-17(21)3/h6-9,11-14,24,31H,4-5,10,16H2,1-3H3,(H,30,32)/t24-/m1/s1. The molecule has 1 amide bonds. The zero-order chi connectivity index (χ0) is 25.4. The molecule has 0 fully saturated rings. The van der Waals surface area contributed by atoms with Crippen LogP contribution in [0.2, 0.25) is 5.02 Å². The van der Waals surface area contributed by atoms with E-state index >= 15 is 0 Å². The molecule has 0 aromatic heterocycles. The van der Waals surface area contributed by atoms with Gasteiger partial charge in [-0.15, -0.1) is 0 Å². The second kappa shape index (κ2) is 12.5. The Morgan fingerprint density at radius 1 is 1.17 bits per heavy atom. The highest BCUT2D eigenvalue weighted by molar-refractivity contribution is 8.03. The average Bonchev–Trinajstić information content (AvgIpc) is 2.84. The highest BCUT2D eigenvalue weighted by atomic mass is 35.5. The van der Waals surface area contributed by atoms with Crippen molar-refractivity contribution >= 4 is 40.9 Å². The topological polar surface area (TPSA) is 91.2 Å². The molecular formula is C27H28ClN3O3S. The number of nitriles is 1. The van der Waals surface area contributed by atoms with Gasteiger partial charge in [-0.1, -0.05) is 73.1 Å². The molecule has 1 aliphatic rings. The molecular weight excluding hydrogens is 482 g/mol. The zero-order valence-electron chi connectivity index (χ0n) is 20.0. The van der Waals surface area contributed by atoms with E-state index in [1.54, 1.807) is 19.1 Å². The van der Waals surface area contributed by atoms with Crippen molar-refractivity contribution in [2.75, 3.05) is 17.7 Å². The van der Waals surface area contributed by atoms with Gasteiger partial charge in [-0.2, -0.15) is 5.26 Å². The first-order valence-corrected chi connectivity index (χ1v) is 12.8. The third-order valence-electron chi connectivity index (χ3n) is 5.51. The maximum absolute atomic E-state index is 13.1. The number of rotatable bonds is 9. The average molecular weight is 510 g/mol. The third kappa shape index (κ3) is 6.27. The monoisotopic (exact) mass is 509 g/mol. The van der Waals surface area contributed by atoms with E-state index in [2.05, 4.69) is 16.7 Å². The number of carbonyl (C=O) groups is 2. The van der Waals surface area contributed by atoms with E-state index in [0.717, 1.165) is 17.7 Å². The number of nitrogens with zero attached hydrogens (tertiary/aromatic N) is 1. The fourth-order valence-electron chi connectivity index (χ4n) is 3.90. The number of benzene rings is 2. The minimum atomic E-state index is -0.697. The molecule has 0 radical (unpaired) electrons. The number of esters is 1. The van der Waals surface area contributed by atoms with Crippen molar-refractivity contribution in [3.05, 3.63) is 86.6 Å². The molecule has 2 aromatic rings. The number of anilines is 1. The Morgan fingerprint density at radius 3 is 2.54 bits per heavy atom. The van der Waals surface area contributed by atoms with Crippen molar-refractivity contribution in [2.24, 2.45) is 0 Å². The van der Waals surface area contributed by atoms with E-state index in [1.165, 1.54) is 11.8 Å². The van der Waals surface area contributed by atoms with Crippen molar-refractivity contribution < 1.29 is 14.3 Å². The Bertz CT molecular complexity index is 1220. The van der Waals surface area contributed by atoms with Crippen LogP contribution in [-0.2, 0) is 14.3 Å². The molecule has 2 N–H and O–H groups in total. The van der Waals surface area contributed by atoms with Gasteiger partial charge in [-0.25, -0.2) is 4.79 Å². The smallest absolute Gasteiger partial charge is 0.336 e. The summed E-state index contributed by atoms with van der Waals surface area (Å²) in [6, 6.07) is 17.0. The number of aryl methyl sites for hydroxylation is 1. The van der Waals surface area contributed by atoms with Crippen LogP contribution in [0.1, 0.15) is 43.7 Å². The number of thioether (sulfide) groups is 1. The molecule has 6 nitrogen and oxygen atoms in total. The number of dihydropyridines is 1. The van der Waals surface area contributed by atoms with Crippen LogP contribution in [0.3, 0.4) is 0 Å². The molecule has 1 aliphatic heterocycles. The van der Waals surface area contributed by atoms with Crippen LogP contribution in [0.5, 0.6) is 0 Å². The Balaban J connectivity index is 1.99. The van der Waals surface area contributed by atoms with E-state index in [0.29, 0.717) is 38.9 Å². The molecule has 1 heterocycles. The SMILES string of the molecule is CCCC1=C(C(=O)OCC)[C@H](c2ccccc2Cl)C(C#N)=C(SCC(=O)Nc2ccccc2C)N1. The van der Waals surface area contributed by atoms with Crippen LogP contribution in [0.15, 0.2) is 70.4 Å². The van der Waals surface area contributed by atoms with Gasteiger partial charge < -0.3 is 15.4 Å². The van der Waals surface area contributed by atoms with Crippen molar-refractivity contribution in [1.29, 1.82) is 5.26 Å². The predicted octanol–water partition coefficient (Wildman–Crippen LogP) is 6.06. The Labute approximate surface area is 215 Å². The number of hydrogen-bond donors (Lipinski definition) is 2. The van der Waals surface area contributed by atoms with Gasteiger partial charge in [-0.05, 0) is 43.5 Å². The van der Waals surface area contributed by atoms with Crippen molar-refractivity contribution in [3.63, 3.8) is 0 Å². The number of nitrogens with one attached hydrogen (secondary N) is 2. The number of hydrogen-bond acceptors (Lipinski definition) is 6. The van der Waals surface area contributed by atoms with Crippen LogP contribution in [0.4, 0.5) is 5.69 Å². The highest BCUT2D eigenvalue weighted by Gasteiger charge is 2.37. The minimum absolute atomic E-state index is 0.0885. The summed E-state index contributed by atoms with van der Waals surface area (Å²) in [6.07, 6.45) is 1.35. The summed E-state index contributed by atoms with van der Waals surface area (Å²) in [5, 5.41) is 17.4. The van der Waals surface area contributed by atoms with Gasteiger partial charge in [0.25, 0.3) is 0 Å². The number of halogens is 1. The van der Waals surface area contributed by atoms with E-state index in [-0.39, 0.29) is 18.3 Å². The van der Waals surface area contributed by atoms with Gasteiger partial charge in [0.05, 0.1) is 40.5 Å². The summed E-state index contributed by atoms with van der Waals surface area (Å²) < 4.78 is 5.37. The molecule has 1 atom stereocenters. The predicted molar refractivity (Wildman–Crippen MR) is 141 cm³/mol. The zero-order valence-corrected chi connectivity index (χ0v) is 21.6. The van der Waals surface area contributed by atoms with Gasteiger partial charge in [0.2, 0.25) is 5.91 Å². The first-order chi connectivity index (χ1) is 16.9. The van der Waals surface area contributed by atoms with Gasteiger partial charge in [0.15, 0.2) is 0 Å². The van der Waals surface area contributed by atoms with Crippen LogP contribution >= 0.6 is 23.4 Å². The van der Waals surface area contributed by atoms with Crippen LogP contribution < -0.4 is 10.6 Å². The maximum Gasteiger partial charge on any atom is 0.336 e. The molecule has 3 rings (SSSR count). The Morgan fingerprint density at radius 2 is 1.89 bits per heavy atom. The van der Waals surface area contributed by atoms with Gasteiger partial charge in [0, 0.05) is 16.4 Å². The van der Waals surface area contributed by atoms with E-state index in [4.69, 9.17) is 16.3 Å². The largest absolute Gasteiger partial charge is 0.463 e. The fourth-order valence-corrected chi connectivity index (χ4v) is 5.01. The lowest BCUT2D eigenvalue weighted by Crippen LogP contribution is -2.30. The van der Waals surface area contributed by atoms with Crippen LogP contribution in [0.25, 0.3) is 0 Å². The number of para-hydroxylation sites is 1. The van der Waals surface area contributed by atoms with E-state index < -0.39 is 11.9 Å². The molecule has 0 saturated carbocycles. The van der Waals surface area contributed by atoms with E-state index in [1.807, 2.05) is 50.2 Å². The summed E-state index contributed by atoms with van der Waals surface area (Å²) in [7, 11) is 0. The molecule has 0 saturated heterocycles. The van der Waals surface area contributed by atoms with Crippen LogP contribution in [-0.4, -0.2) is 24.2 Å². The number of carbonyl (C=O) groups excluding carboxylic acids is 2. The number of allylic oxidation sites excluding steroid dienone is 2. The normalized spacial score (nSPS) is 15.3. The molecule has 0 spiro atoms. The molecule has 182 valence electrons. The lowest BCUT2D eigenvalue weighted by Gasteiger charge is -2.31. The molecule has 2 aromatic carbocycles. The summed E-state index contributed by atoms with van der Waals surface area (Å²) in [4.78, 5) is 25.8. The lowest BCUT2D eigenvalue weighted by atomic mass is 9.81. The maximum atomic E-state index is 13.1. The quantitative estimate of drug-likeness (QED) is 0.399. The Kier molecular flexibility index (Phi) is 9.41. The summed E-state index contributed by atoms with van der Waals surface area (Å²) in [5.74, 6) is -1.28. The minimum Gasteiger partial charge on any atom is -0.463 e. The van der Waals surface area contributed by atoms with Crippen molar-refractivity contribution in [2.45, 2.75) is 39.5 Å². The molecule has 0 bridgehead atoms. The third-order valence-corrected chi connectivity index (χ3v) is 6.87. The molecule has 8 heteroatoms. The second-order valence-electron chi connectivity index (χ2n) is 7.95. The van der Waals surface area contributed by atoms with Gasteiger partial charge in [-0.3, -0.25) is 4.79 Å². The first kappa shape index (κ1) is 26.4. The summed E-state index contributed by atoms with van der Waals surface area (Å²) in [5.41, 5.74) is 3.74. The van der Waals surface area contributed by atoms with Crippen molar-refractivity contribution in [3.8, 4) is 6.07 Å². The van der Waals surface area contributed by atoms with Gasteiger partial charge in [0.1, 0.15) is 0 Å². The summed E-state index contributed by atoms with van der Waals surface area (Å²) in [6.45, 7) is 5.89. The molecule has 0 aliphatic carbocycles. The number of amides is 1. The first-order valence-electron chi connectivity index (χ1n) is 11.4. The van der Waals surface area contributed by atoms with Gasteiger partial charge >= 0.3 is 5.97 Å². The van der Waals surface area contributed by atoms with Crippen LogP contribution in [0, 0.1) is 18.3 Å².